The normalized spacial score (nSPS) is 18.6. The fraction of sp³-hybridized carbons (Fsp3) is 0.615. The van der Waals surface area contributed by atoms with Gasteiger partial charge in [0.05, 0.1) is 0 Å². The van der Waals surface area contributed by atoms with Gasteiger partial charge in [0.25, 0.3) is 0 Å². The van der Waals surface area contributed by atoms with Gasteiger partial charge in [0.1, 0.15) is 23.5 Å². The van der Waals surface area contributed by atoms with Crippen LogP contribution >= 0.6 is 0 Å². The minimum atomic E-state index is -0.281. The van der Waals surface area contributed by atoms with E-state index in [-0.39, 0.29) is 11.9 Å². The van der Waals surface area contributed by atoms with Crippen molar-refractivity contribution in [2.45, 2.75) is 39.2 Å². The molecule has 0 aliphatic carbocycles. The summed E-state index contributed by atoms with van der Waals surface area (Å²) in [6.07, 6.45) is 2.80. The number of hydrogen-bond acceptors (Lipinski definition) is 5. The highest BCUT2D eigenvalue weighted by Gasteiger charge is 2.30. The lowest BCUT2D eigenvalue weighted by Gasteiger charge is -2.23. The van der Waals surface area contributed by atoms with Crippen molar-refractivity contribution >= 4 is 17.5 Å². The van der Waals surface area contributed by atoms with Gasteiger partial charge in [-0.2, -0.15) is 0 Å². The number of primary amides is 1. The van der Waals surface area contributed by atoms with E-state index < -0.39 is 0 Å². The largest absolute Gasteiger partial charge is 0.370 e. The van der Waals surface area contributed by atoms with Gasteiger partial charge in [-0.1, -0.05) is 6.92 Å². The molecule has 1 fully saturated rings. The van der Waals surface area contributed by atoms with E-state index in [0.717, 1.165) is 44.0 Å². The molecule has 1 aromatic rings. The van der Waals surface area contributed by atoms with Gasteiger partial charge < -0.3 is 16.0 Å². The van der Waals surface area contributed by atoms with Crippen LogP contribution < -0.4 is 16.0 Å². The van der Waals surface area contributed by atoms with Crippen LogP contribution in [0.15, 0.2) is 6.07 Å². The first-order valence-electron chi connectivity index (χ1n) is 6.77. The summed E-state index contributed by atoms with van der Waals surface area (Å²) in [7, 11) is 0. The molecule has 2 heterocycles. The number of hydrogen-bond donors (Lipinski definition) is 2. The molecule has 1 atom stereocenters. The number of carbonyl (C=O) groups is 1. The highest BCUT2D eigenvalue weighted by molar-refractivity contribution is 5.84. The Bertz CT molecular complexity index is 462. The quantitative estimate of drug-likeness (QED) is 0.830. The first-order chi connectivity index (χ1) is 9.11. The molecule has 1 saturated heterocycles. The van der Waals surface area contributed by atoms with E-state index in [0.29, 0.717) is 5.82 Å². The van der Waals surface area contributed by atoms with Crippen molar-refractivity contribution in [3.05, 3.63) is 11.9 Å². The van der Waals surface area contributed by atoms with Gasteiger partial charge in [-0.05, 0) is 26.2 Å². The molecule has 6 heteroatoms. The first-order valence-corrected chi connectivity index (χ1v) is 6.77. The summed E-state index contributed by atoms with van der Waals surface area (Å²) in [5.74, 6) is 2.01. The average Bonchev–Trinajstić information content (AvgIpc) is 2.85. The lowest BCUT2D eigenvalue weighted by molar-refractivity contribution is -0.119. The van der Waals surface area contributed by atoms with Crippen LogP contribution in [-0.4, -0.2) is 35.0 Å². The van der Waals surface area contributed by atoms with Crippen molar-refractivity contribution in [3.8, 4) is 0 Å². The van der Waals surface area contributed by atoms with E-state index in [2.05, 4.69) is 22.2 Å². The van der Waals surface area contributed by atoms with Crippen LogP contribution in [0.2, 0.25) is 0 Å². The Balaban J connectivity index is 2.23. The molecular weight excluding hydrogens is 242 g/mol. The Morgan fingerprint density at radius 1 is 1.58 bits per heavy atom. The maximum absolute atomic E-state index is 11.4. The molecule has 0 aromatic carbocycles. The zero-order chi connectivity index (χ0) is 13.8. The van der Waals surface area contributed by atoms with Gasteiger partial charge in [-0.25, -0.2) is 9.97 Å². The molecule has 2 rings (SSSR count). The third-order valence-corrected chi connectivity index (χ3v) is 3.26. The maximum atomic E-state index is 11.4. The molecular formula is C13H21N5O. The number of amides is 1. The standard InChI is InChI=1S/C13H21N5O/c1-3-6-15-11-8-12(17-9(2)16-11)18-7-4-5-10(18)13(14)19/h8,10H,3-7H2,1-2H3,(H2,14,19)(H,15,16,17). The van der Waals surface area contributed by atoms with Gasteiger partial charge >= 0.3 is 0 Å². The number of aryl methyl sites for hydroxylation is 1. The van der Waals surface area contributed by atoms with Gasteiger partial charge in [-0.3, -0.25) is 4.79 Å². The summed E-state index contributed by atoms with van der Waals surface area (Å²) in [5, 5.41) is 3.25. The highest BCUT2D eigenvalue weighted by Crippen LogP contribution is 2.25. The summed E-state index contributed by atoms with van der Waals surface area (Å²) in [6.45, 7) is 5.65. The minimum Gasteiger partial charge on any atom is -0.370 e. The average molecular weight is 263 g/mol. The van der Waals surface area contributed by atoms with Gasteiger partial charge in [-0.15, -0.1) is 0 Å². The highest BCUT2D eigenvalue weighted by atomic mass is 16.1. The third kappa shape index (κ3) is 3.13. The zero-order valence-electron chi connectivity index (χ0n) is 11.5. The fourth-order valence-corrected chi connectivity index (χ4v) is 2.38. The molecule has 1 aromatic heterocycles. The number of nitrogens with zero attached hydrogens (tertiary/aromatic N) is 3. The van der Waals surface area contributed by atoms with Crippen LogP contribution in [0.5, 0.6) is 0 Å². The maximum Gasteiger partial charge on any atom is 0.240 e. The van der Waals surface area contributed by atoms with Crippen molar-refractivity contribution in [2.75, 3.05) is 23.3 Å². The van der Waals surface area contributed by atoms with Crippen molar-refractivity contribution in [3.63, 3.8) is 0 Å². The van der Waals surface area contributed by atoms with E-state index in [9.17, 15) is 4.79 Å². The van der Waals surface area contributed by atoms with E-state index in [4.69, 9.17) is 5.73 Å². The van der Waals surface area contributed by atoms with E-state index >= 15 is 0 Å². The first kappa shape index (κ1) is 13.6. The zero-order valence-corrected chi connectivity index (χ0v) is 11.5. The van der Waals surface area contributed by atoms with Crippen LogP contribution in [0.3, 0.4) is 0 Å². The number of rotatable bonds is 5. The Kier molecular flexibility index (Phi) is 4.19. The lowest BCUT2D eigenvalue weighted by Crippen LogP contribution is -2.40. The van der Waals surface area contributed by atoms with Crippen LogP contribution in [0.25, 0.3) is 0 Å². The number of nitrogens with one attached hydrogen (secondary N) is 1. The summed E-state index contributed by atoms with van der Waals surface area (Å²) in [6, 6.07) is 1.65. The van der Waals surface area contributed by atoms with Gasteiger partial charge in [0.2, 0.25) is 5.91 Å². The molecule has 104 valence electrons. The smallest absolute Gasteiger partial charge is 0.240 e. The minimum absolute atomic E-state index is 0.242. The third-order valence-electron chi connectivity index (χ3n) is 3.26. The van der Waals surface area contributed by atoms with E-state index in [1.807, 2.05) is 17.9 Å². The van der Waals surface area contributed by atoms with Gasteiger partial charge in [0.15, 0.2) is 0 Å². The Labute approximate surface area is 113 Å². The molecule has 0 spiro atoms. The Hall–Kier alpha value is -1.85. The molecule has 1 aliphatic heterocycles. The number of nitrogens with two attached hydrogens (primary N) is 1. The second-order valence-corrected chi connectivity index (χ2v) is 4.84. The summed E-state index contributed by atoms with van der Waals surface area (Å²) < 4.78 is 0. The fourth-order valence-electron chi connectivity index (χ4n) is 2.38. The second kappa shape index (κ2) is 5.86. The molecule has 1 amide bonds. The predicted molar refractivity (Wildman–Crippen MR) is 75.1 cm³/mol. The van der Waals surface area contributed by atoms with E-state index in [1.165, 1.54) is 0 Å². The molecule has 0 radical (unpaired) electrons. The molecule has 0 saturated carbocycles. The van der Waals surface area contributed by atoms with Crippen molar-refractivity contribution < 1.29 is 4.79 Å². The van der Waals surface area contributed by atoms with Crippen molar-refractivity contribution in [2.24, 2.45) is 5.73 Å². The van der Waals surface area contributed by atoms with Gasteiger partial charge in [0, 0.05) is 19.2 Å². The Morgan fingerprint density at radius 3 is 3.05 bits per heavy atom. The summed E-state index contributed by atoms with van der Waals surface area (Å²) in [4.78, 5) is 22.2. The topological polar surface area (TPSA) is 84.1 Å². The molecule has 19 heavy (non-hydrogen) atoms. The van der Waals surface area contributed by atoms with Crippen molar-refractivity contribution in [1.29, 1.82) is 0 Å². The van der Waals surface area contributed by atoms with E-state index in [1.54, 1.807) is 0 Å². The van der Waals surface area contributed by atoms with Crippen LogP contribution in [0, 0.1) is 6.92 Å². The molecule has 1 aliphatic rings. The van der Waals surface area contributed by atoms with Crippen molar-refractivity contribution in [1.82, 2.24) is 9.97 Å². The predicted octanol–water partition coefficient (Wildman–Crippen LogP) is 1.06. The lowest BCUT2D eigenvalue weighted by atomic mass is 10.2. The monoisotopic (exact) mass is 263 g/mol. The van der Waals surface area contributed by atoms with Crippen LogP contribution in [0.1, 0.15) is 32.0 Å². The van der Waals surface area contributed by atoms with Crippen LogP contribution in [-0.2, 0) is 4.79 Å². The number of aromatic nitrogens is 2. The SMILES string of the molecule is CCCNc1cc(N2CCCC2C(N)=O)nc(C)n1. The second-order valence-electron chi connectivity index (χ2n) is 4.84. The number of carbonyl (C=O) groups excluding carboxylic acids is 1. The van der Waals surface area contributed by atoms with Crippen LogP contribution in [0.4, 0.5) is 11.6 Å². The number of anilines is 2. The molecule has 0 bridgehead atoms. The Morgan fingerprint density at radius 2 is 2.37 bits per heavy atom. The molecule has 1 unspecified atom stereocenters. The summed E-state index contributed by atoms with van der Waals surface area (Å²) >= 11 is 0. The summed E-state index contributed by atoms with van der Waals surface area (Å²) in [5.41, 5.74) is 5.44. The molecule has 3 N–H and O–H groups in total. The molecule has 6 nitrogen and oxygen atoms in total.